The van der Waals surface area contributed by atoms with Crippen molar-refractivity contribution < 1.29 is 4.39 Å². The van der Waals surface area contributed by atoms with Crippen LogP contribution in [0.15, 0.2) is 30.5 Å². The number of hydrogen-bond donors (Lipinski definition) is 1. The van der Waals surface area contributed by atoms with Crippen molar-refractivity contribution in [2.75, 3.05) is 5.32 Å². The molecule has 0 spiro atoms. The zero-order valence-corrected chi connectivity index (χ0v) is 10.9. The molecule has 1 aromatic carbocycles. The number of aromatic nitrogens is 2. The predicted octanol–water partition coefficient (Wildman–Crippen LogP) is 3.73. The second kappa shape index (κ2) is 5.21. The quantitative estimate of drug-likeness (QED) is 0.892. The van der Waals surface area contributed by atoms with E-state index in [0.29, 0.717) is 5.92 Å². The molecular formula is C14H18FN3. The molecule has 1 heterocycles. The zero-order valence-electron chi connectivity index (χ0n) is 10.9. The van der Waals surface area contributed by atoms with Gasteiger partial charge in [-0.3, -0.25) is 0 Å². The van der Waals surface area contributed by atoms with Crippen molar-refractivity contribution in [2.45, 2.75) is 27.3 Å². The van der Waals surface area contributed by atoms with Gasteiger partial charge >= 0.3 is 0 Å². The highest BCUT2D eigenvalue weighted by molar-refractivity contribution is 5.53. The number of hydrogen-bond acceptors (Lipinski definition) is 2. The fourth-order valence-corrected chi connectivity index (χ4v) is 1.84. The fraction of sp³-hybridized carbons (Fsp3) is 0.357. The minimum atomic E-state index is -0.234. The van der Waals surface area contributed by atoms with Gasteiger partial charge in [-0.1, -0.05) is 13.8 Å². The summed E-state index contributed by atoms with van der Waals surface area (Å²) in [6.45, 7) is 7.20. The van der Waals surface area contributed by atoms with Crippen molar-refractivity contribution in [3.8, 4) is 0 Å². The first-order valence-corrected chi connectivity index (χ1v) is 6.11. The van der Waals surface area contributed by atoms with Gasteiger partial charge in [-0.2, -0.15) is 0 Å². The van der Waals surface area contributed by atoms with Crippen LogP contribution in [0.1, 0.15) is 19.5 Å². The van der Waals surface area contributed by atoms with Crippen LogP contribution in [-0.2, 0) is 6.54 Å². The summed E-state index contributed by atoms with van der Waals surface area (Å²) in [7, 11) is 0. The SMILES string of the molecule is Cc1cn(CC(C)C)c(Nc2ccc(F)cc2)n1. The van der Waals surface area contributed by atoms with Crippen LogP contribution >= 0.6 is 0 Å². The van der Waals surface area contributed by atoms with Gasteiger partial charge in [0.2, 0.25) is 5.95 Å². The van der Waals surface area contributed by atoms with Crippen LogP contribution in [0.4, 0.5) is 16.0 Å². The van der Waals surface area contributed by atoms with Crippen LogP contribution in [0.3, 0.4) is 0 Å². The Morgan fingerprint density at radius 1 is 1.28 bits per heavy atom. The Hall–Kier alpha value is -1.84. The summed E-state index contributed by atoms with van der Waals surface area (Å²) in [5, 5.41) is 3.21. The van der Waals surface area contributed by atoms with E-state index in [2.05, 4.69) is 28.7 Å². The molecule has 1 aromatic heterocycles. The van der Waals surface area contributed by atoms with E-state index in [1.165, 1.54) is 12.1 Å². The minimum Gasteiger partial charge on any atom is -0.326 e. The van der Waals surface area contributed by atoms with Crippen LogP contribution in [0.2, 0.25) is 0 Å². The van der Waals surface area contributed by atoms with Crippen LogP contribution in [-0.4, -0.2) is 9.55 Å². The summed E-state index contributed by atoms with van der Waals surface area (Å²) in [4.78, 5) is 4.44. The average molecular weight is 247 g/mol. The third-order valence-corrected chi connectivity index (χ3v) is 2.56. The van der Waals surface area contributed by atoms with Gasteiger partial charge < -0.3 is 9.88 Å². The van der Waals surface area contributed by atoms with Gasteiger partial charge in [0.15, 0.2) is 0 Å². The molecule has 0 aliphatic carbocycles. The Bertz CT molecular complexity index is 514. The number of rotatable bonds is 4. The molecule has 0 radical (unpaired) electrons. The summed E-state index contributed by atoms with van der Waals surface area (Å²) in [5.74, 6) is 1.11. The molecule has 0 saturated heterocycles. The van der Waals surface area contributed by atoms with Crippen molar-refractivity contribution in [1.29, 1.82) is 0 Å². The lowest BCUT2D eigenvalue weighted by molar-refractivity contribution is 0.527. The van der Waals surface area contributed by atoms with Crippen molar-refractivity contribution in [2.24, 2.45) is 5.92 Å². The maximum atomic E-state index is 12.8. The molecule has 2 aromatic rings. The molecule has 0 aliphatic heterocycles. The van der Waals surface area contributed by atoms with Crippen molar-refractivity contribution in [1.82, 2.24) is 9.55 Å². The first-order valence-electron chi connectivity index (χ1n) is 6.11. The number of aryl methyl sites for hydroxylation is 1. The monoisotopic (exact) mass is 247 g/mol. The summed E-state index contributed by atoms with van der Waals surface area (Å²) < 4.78 is 14.9. The summed E-state index contributed by atoms with van der Waals surface area (Å²) >= 11 is 0. The lowest BCUT2D eigenvalue weighted by Gasteiger charge is -2.11. The first-order chi connectivity index (χ1) is 8.54. The second-order valence-electron chi connectivity index (χ2n) is 4.88. The van der Waals surface area contributed by atoms with Crippen molar-refractivity contribution in [3.63, 3.8) is 0 Å². The van der Waals surface area contributed by atoms with E-state index in [9.17, 15) is 4.39 Å². The average Bonchev–Trinajstić information content (AvgIpc) is 2.61. The van der Waals surface area contributed by atoms with Crippen LogP contribution in [0, 0.1) is 18.7 Å². The van der Waals surface area contributed by atoms with Crippen LogP contribution in [0.5, 0.6) is 0 Å². The van der Waals surface area contributed by atoms with Crippen molar-refractivity contribution in [3.05, 3.63) is 42.0 Å². The smallest absolute Gasteiger partial charge is 0.207 e. The summed E-state index contributed by atoms with van der Waals surface area (Å²) in [6, 6.07) is 6.29. The van der Waals surface area contributed by atoms with E-state index in [1.54, 1.807) is 12.1 Å². The lowest BCUT2D eigenvalue weighted by Crippen LogP contribution is -2.07. The largest absolute Gasteiger partial charge is 0.326 e. The van der Waals surface area contributed by atoms with E-state index in [-0.39, 0.29) is 5.82 Å². The molecule has 0 unspecified atom stereocenters. The molecule has 0 saturated carbocycles. The number of halogens is 1. The normalized spacial score (nSPS) is 10.9. The summed E-state index contributed by atoms with van der Waals surface area (Å²) in [6.07, 6.45) is 2.02. The fourth-order valence-electron chi connectivity index (χ4n) is 1.84. The standard InChI is InChI=1S/C14H18FN3/c1-10(2)8-18-9-11(3)16-14(18)17-13-6-4-12(15)5-7-13/h4-7,9-10H,8H2,1-3H3,(H,16,17). The van der Waals surface area contributed by atoms with Crippen LogP contribution in [0.25, 0.3) is 0 Å². The van der Waals surface area contributed by atoms with E-state index in [1.807, 2.05) is 13.1 Å². The summed E-state index contributed by atoms with van der Waals surface area (Å²) in [5.41, 5.74) is 1.81. The van der Waals surface area contributed by atoms with Gasteiger partial charge in [0.05, 0.1) is 5.69 Å². The number of imidazole rings is 1. The third kappa shape index (κ3) is 3.09. The molecular weight excluding hydrogens is 229 g/mol. The van der Waals surface area contributed by atoms with Gasteiger partial charge in [0.1, 0.15) is 5.82 Å². The topological polar surface area (TPSA) is 29.9 Å². The molecule has 0 fully saturated rings. The Morgan fingerprint density at radius 3 is 2.56 bits per heavy atom. The molecule has 18 heavy (non-hydrogen) atoms. The van der Waals surface area contributed by atoms with Crippen molar-refractivity contribution >= 4 is 11.6 Å². The maximum absolute atomic E-state index is 12.8. The van der Waals surface area contributed by atoms with Gasteiger partial charge in [0, 0.05) is 18.4 Å². The maximum Gasteiger partial charge on any atom is 0.207 e. The number of nitrogens with zero attached hydrogens (tertiary/aromatic N) is 2. The van der Waals surface area contributed by atoms with E-state index < -0.39 is 0 Å². The number of nitrogens with one attached hydrogen (secondary N) is 1. The number of benzene rings is 1. The first kappa shape index (κ1) is 12.6. The molecule has 4 heteroatoms. The Labute approximate surface area is 107 Å². The third-order valence-electron chi connectivity index (χ3n) is 2.56. The minimum absolute atomic E-state index is 0.234. The molecule has 0 atom stereocenters. The molecule has 0 bridgehead atoms. The highest BCUT2D eigenvalue weighted by Crippen LogP contribution is 2.18. The second-order valence-corrected chi connectivity index (χ2v) is 4.88. The van der Waals surface area contributed by atoms with E-state index in [0.717, 1.165) is 23.9 Å². The lowest BCUT2D eigenvalue weighted by atomic mass is 10.2. The molecule has 0 amide bonds. The molecule has 0 aliphatic rings. The Morgan fingerprint density at radius 2 is 1.94 bits per heavy atom. The van der Waals surface area contributed by atoms with E-state index in [4.69, 9.17) is 0 Å². The van der Waals surface area contributed by atoms with Crippen LogP contribution < -0.4 is 5.32 Å². The Kier molecular flexibility index (Phi) is 3.65. The molecule has 1 N–H and O–H groups in total. The highest BCUT2D eigenvalue weighted by Gasteiger charge is 2.07. The molecule has 3 nitrogen and oxygen atoms in total. The van der Waals surface area contributed by atoms with Gasteiger partial charge in [-0.15, -0.1) is 0 Å². The Balaban J connectivity index is 2.20. The number of anilines is 2. The van der Waals surface area contributed by atoms with Gasteiger partial charge in [-0.25, -0.2) is 9.37 Å². The zero-order chi connectivity index (χ0) is 13.1. The molecule has 96 valence electrons. The van der Waals surface area contributed by atoms with Gasteiger partial charge in [-0.05, 0) is 37.1 Å². The molecule has 2 rings (SSSR count). The van der Waals surface area contributed by atoms with Gasteiger partial charge in [0.25, 0.3) is 0 Å². The van der Waals surface area contributed by atoms with E-state index >= 15 is 0 Å². The highest BCUT2D eigenvalue weighted by atomic mass is 19.1. The predicted molar refractivity (Wildman–Crippen MR) is 71.5 cm³/mol.